The Morgan fingerprint density at radius 2 is 1.79 bits per heavy atom. The maximum Gasteiger partial charge on any atom is 0.345 e. The lowest BCUT2D eigenvalue weighted by Gasteiger charge is -2.61. The molecule has 2 aliphatic carbocycles. The third-order valence-corrected chi connectivity index (χ3v) is 9.16. The summed E-state index contributed by atoms with van der Waals surface area (Å²) in [5.41, 5.74) is 1.10. The van der Waals surface area contributed by atoms with E-state index in [1.54, 1.807) is 0 Å². The molecule has 3 aliphatic rings. The average Bonchev–Trinajstić information content (AvgIpc) is 3.08. The van der Waals surface area contributed by atoms with Crippen LogP contribution in [0.3, 0.4) is 0 Å². The molecule has 0 bridgehead atoms. The van der Waals surface area contributed by atoms with Crippen molar-refractivity contribution in [1.82, 2.24) is 0 Å². The second-order valence-electron chi connectivity index (χ2n) is 11.5. The number of cyclic esters (lactones) is 1. The van der Waals surface area contributed by atoms with Gasteiger partial charge in [0.25, 0.3) is 0 Å². The second-order valence-corrected chi connectivity index (χ2v) is 11.5. The quantitative estimate of drug-likeness (QED) is 0.576. The third-order valence-electron chi connectivity index (χ3n) is 9.16. The number of carbonyl (C=O) groups excluding carboxylic acids is 1. The number of esters is 1. The zero-order chi connectivity index (χ0) is 25.1. The van der Waals surface area contributed by atoms with Crippen molar-refractivity contribution in [3.63, 3.8) is 0 Å². The molecule has 5 atom stereocenters. The summed E-state index contributed by atoms with van der Waals surface area (Å²) in [4.78, 5) is 12.6. The van der Waals surface area contributed by atoms with Crippen LogP contribution in [0.15, 0.2) is 0 Å². The van der Waals surface area contributed by atoms with Crippen LogP contribution in [0.25, 0.3) is 0 Å². The molecule has 1 aliphatic heterocycles. The number of ether oxygens (including phenoxy) is 4. The molecule has 0 saturated heterocycles. The number of hydrogen-bond donors (Lipinski definition) is 2. The molecule has 2 saturated carbocycles. The van der Waals surface area contributed by atoms with Gasteiger partial charge in [-0.15, -0.1) is 0 Å². The van der Waals surface area contributed by atoms with Crippen LogP contribution in [0.2, 0.25) is 0 Å². The predicted molar refractivity (Wildman–Crippen MR) is 127 cm³/mol. The zero-order valence-corrected chi connectivity index (χ0v) is 21.6. The van der Waals surface area contributed by atoms with Crippen LogP contribution in [-0.2, 0) is 16.1 Å². The molecule has 0 spiro atoms. The second kappa shape index (κ2) is 8.68. The van der Waals surface area contributed by atoms with Crippen LogP contribution in [0.5, 0.6) is 11.5 Å². The fraction of sp³-hybridized carbons (Fsp3) is 0.741. The van der Waals surface area contributed by atoms with Gasteiger partial charge in [0.2, 0.25) is 6.29 Å². The van der Waals surface area contributed by atoms with E-state index in [1.165, 1.54) is 20.6 Å². The number of rotatable bonds is 6. The minimum absolute atomic E-state index is 0.0638. The number of methoxy groups -OCH3 is 2. The molecular weight excluding hydrogens is 436 g/mol. The smallest absolute Gasteiger partial charge is 0.345 e. The largest absolute Gasteiger partial charge is 0.495 e. The maximum absolute atomic E-state index is 12.6. The van der Waals surface area contributed by atoms with E-state index < -0.39 is 17.9 Å². The van der Waals surface area contributed by atoms with Crippen LogP contribution in [-0.4, -0.2) is 42.6 Å². The van der Waals surface area contributed by atoms with E-state index >= 15 is 0 Å². The van der Waals surface area contributed by atoms with Gasteiger partial charge in [-0.3, -0.25) is 0 Å². The average molecular weight is 477 g/mol. The molecule has 2 N–H and O–H groups in total. The van der Waals surface area contributed by atoms with Gasteiger partial charge in [0.05, 0.1) is 25.9 Å². The van der Waals surface area contributed by atoms with E-state index in [-0.39, 0.29) is 28.9 Å². The molecule has 0 radical (unpaired) electrons. The molecular formula is C27H40O7. The van der Waals surface area contributed by atoms with E-state index in [0.29, 0.717) is 40.7 Å². The van der Waals surface area contributed by atoms with Crippen LogP contribution in [0, 0.1) is 29.6 Å². The van der Waals surface area contributed by atoms with Crippen LogP contribution >= 0.6 is 0 Å². The van der Waals surface area contributed by atoms with Gasteiger partial charge in [0.1, 0.15) is 17.1 Å². The SMILES string of the molecule is COc1c(C)c(OC[C@@H]2[C@@]3(C)CCCC(C)(C)[C@@H]3CC[C@@]2(C)O)c(CO)c2c1C(=O)O[C@H]2OC. The first kappa shape index (κ1) is 25.3. The monoisotopic (exact) mass is 476 g/mol. The van der Waals surface area contributed by atoms with Crippen molar-refractivity contribution in [1.29, 1.82) is 0 Å². The summed E-state index contributed by atoms with van der Waals surface area (Å²) < 4.78 is 22.8. The minimum Gasteiger partial charge on any atom is -0.495 e. The van der Waals surface area contributed by atoms with Crippen molar-refractivity contribution in [3.05, 3.63) is 22.3 Å². The first-order valence-corrected chi connectivity index (χ1v) is 12.4. The number of hydrogen-bond acceptors (Lipinski definition) is 7. The number of carbonyl (C=O) groups is 1. The van der Waals surface area contributed by atoms with Crippen molar-refractivity contribution < 1.29 is 34.0 Å². The molecule has 1 heterocycles. The van der Waals surface area contributed by atoms with Gasteiger partial charge in [0, 0.05) is 29.7 Å². The number of aliphatic hydroxyl groups is 2. The highest BCUT2D eigenvalue weighted by Crippen LogP contribution is 2.62. The van der Waals surface area contributed by atoms with Crippen molar-refractivity contribution in [2.24, 2.45) is 22.7 Å². The topological polar surface area (TPSA) is 94.5 Å². The molecule has 34 heavy (non-hydrogen) atoms. The Labute approximate surface area is 202 Å². The highest BCUT2D eigenvalue weighted by molar-refractivity contribution is 5.98. The number of fused-ring (bicyclic) bond motifs is 2. The highest BCUT2D eigenvalue weighted by Gasteiger charge is 2.58. The van der Waals surface area contributed by atoms with E-state index in [2.05, 4.69) is 20.8 Å². The summed E-state index contributed by atoms with van der Waals surface area (Å²) in [6, 6.07) is 0. The van der Waals surface area contributed by atoms with E-state index in [0.717, 1.165) is 25.7 Å². The molecule has 0 amide bonds. The molecule has 7 heteroatoms. The fourth-order valence-electron chi connectivity index (χ4n) is 7.53. The lowest BCUT2D eigenvalue weighted by atomic mass is 9.46. The summed E-state index contributed by atoms with van der Waals surface area (Å²) in [5, 5.41) is 21.8. The Morgan fingerprint density at radius 1 is 1.09 bits per heavy atom. The van der Waals surface area contributed by atoms with Gasteiger partial charge >= 0.3 is 5.97 Å². The molecule has 0 aromatic heterocycles. The van der Waals surface area contributed by atoms with Crippen molar-refractivity contribution in [2.75, 3.05) is 20.8 Å². The molecule has 1 aromatic rings. The van der Waals surface area contributed by atoms with Gasteiger partial charge < -0.3 is 29.2 Å². The molecule has 7 nitrogen and oxygen atoms in total. The van der Waals surface area contributed by atoms with E-state index in [4.69, 9.17) is 18.9 Å². The van der Waals surface area contributed by atoms with Gasteiger partial charge in [-0.1, -0.05) is 27.2 Å². The summed E-state index contributed by atoms with van der Waals surface area (Å²) >= 11 is 0. The molecule has 4 rings (SSSR count). The van der Waals surface area contributed by atoms with Gasteiger partial charge in [-0.2, -0.15) is 0 Å². The summed E-state index contributed by atoms with van der Waals surface area (Å²) in [7, 11) is 2.95. The van der Waals surface area contributed by atoms with Gasteiger partial charge in [-0.05, 0) is 56.3 Å². The normalized spacial score (nSPS) is 34.3. The maximum atomic E-state index is 12.6. The number of benzene rings is 1. The third kappa shape index (κ3) is 3.71. The van der Waals surface area contributed by atoms with Gasteiger partial charge in [-0.25, -0.2) is 4.79 Å². The minimum atomic E-state index is -0.930. The lowest BCUT2D eigenvalue weighted by molar-refractivity contribution is -0.176. The Bertz CT molecular complexity index is 966. The first-order valence-electron chi connectivity index (χ1n) is 12.4. The Morgan fingerprint density at radius 3 is 2.41 bits per heavy atom. The van der Waals surface area contributed by atoms with Crippen LogP contribution < -0.4 is 9.47 Å². The summed E-state index contributed by atoms with van der Waals surface area (Å²) in [6.45, 7) is 10.7. The first-order chi connectivity index (χ1) is 15.9. The predicted octanol–water partition coefficient (Wildman–Crippen LogP) is 4.68. The zero-order valence-electron chi connectivity index (χ0n) is 21.6. The Balaban J connectivity index is 1.75. The lowest BCUT2D eigenvalue weighted by Crippen LogP contribution is -2.59. The summed E-state index contributed by atoms with van der Waals surface area (Å²) in [6.07, 6.45) is 4.20. The standard InChI is InChI=1S/C27H40O7/c1-15-21(16(13-28)19-20(22(15)31-6)23(29)34-24(19)32-7)33-14-18-26(4)11-8-10-25(2,3)17(26)9-12-27(18,5)30/h17-18,24,28,30H,8-14H2,1-7H3/t17-,18+,24+,26-,27+/m0/s1. The molecule has 190 valence electrons. The summed E-state index contributed by atoms with van der Waals surface area (Å²) in [5.74, 6) is 0.706. The number of aliphatic hydroxyl groups excluding tert-OH is 1. The molecule has 2 fully saturated rings. The fourth-order valence-corrected chi connectivity index (χ4v) is 7.53. The van der Waals surface area contributed by atoms with Crippen LogP contribution in [0.4, 0.5) is 0 Å². The van der Waals surface area contributed by atoms with Gasteiger partial charge in [0.15, 0.2) is 0 Å². The van der Waals surface area contributed by atoms with Crippen LogP contribution in [0.1, 0.15) is 93.1 Å². The van der Waals surface area contributed by atoms with E-state index in [1.807, 2.05) is 13.8 Å². The van der Waals surface area contributed by atoms with Crippen molar-refractivity contribution in [3.8, 4) is 11.5 Å². The molecule has 0 unspecified atom stereocenters. The highest BCUT2D eigenvalue weighted by atomic mass is 16.7. The Hall–Kier alpha value is -1.83. The van der Waals surface area contributed by atoms with Crippen molar-refractivity contribution in [2.45, 2.75) is 85.2 Å². The Kier molecular flexibility index (Phi) is 6.45. The van der Waals surface area contributed by atoms with Crippen molar-refractivity contribution >= 4 is 5.97 Å². The van der Waals surface area contributed by atoms with E-state index in [9.17, 15) is 15.0 Å². The molecule has 1 aromatic carbocycles.